The zero-order valence-corrected chi connectivity index (χ0v) is 9.73. The van der Waals surface area contributed by atoms with Gasteiger partial charge in [0.1, 0.15) is 5.82 Å². The van der Waals surface area contributed by atoms with Crippen molar-refractivity contribution in [1.29, 1.82) is 0 Å². The lowest BCUT2D eigenvalue weighted by Gasteiger charge is -2.11. The lowest BCUT2D eigenvalue weighted by molar-refractivity contribution is 0.141. The molecule has 1 rings (SSSR count). The number of aryl methyl sites for hydroxylation is 1. The molecule has 0 aliphatic heterocycles. The molecular weight excluding hydrogens is 198 g/mol. The summed E-state index contributed by atoms with van der Waals surface area (Å²) in [5, 5.41) is 4.13. The molecule has 14 heavy (non-hydrogen) atoms. The fraction of sp³-hybridized carbons (Fsp3) is 0.778. The van der Waals surface area contributed by atoms with Crippen LogP contribution in [0.3, 0.4) is 0 Å². The second-order valence-corrected chi connectivity index (χ2v) is 3.83. The molecule has 5 heteroatoms. The van der Waals surface area contributed by atoms with Crippen molar-refractivity contribution in [3.63, 3.8) is 0 Å². The van der Waals surface area contributed by atoms with Gasteiger partial charge in [-0.05, 0) is 13.8 Å². The molecule has 0 aliphatic rings. The van der Waals surface area contributed by atoms with Gasteiger partial charge in [0.15, 0.2) is 0 Å². The Bertz CT molecular complexity index is 264. The maximum Gasteiger partial charge on any atom is 0.202 e. The highest BCUT2D eigenvalue weighted by Gasteiger charge is 2.05. The van der Waals surface area contributed by atoms with Gasteiger partial charge in [0.2, 0.25) is 5.13 Å². The maximum atomic E-state index is 5.29. The summed E-state index contributed by atoms with van der Waals surface area (Å²) < 4.78 is 9.49. The van der Waals surface area contributed by atoms with Crippen LogP contribution in [0.1, 0.15) is 26.6 Å². The molecule has 0 aliphatic carbocycles. The fourth-order valence-corrected chi connectivity index (χ4v) is 1.77. The molecular formula is C9H17N3OS. The average molecular weight is 215 g/mol. The Kier molecular flexibility index (Phi) is 4.82. The van der Waals surface area contributed by atoms with E-state index in [9.17, 15) is 0 Å². The van der Waals surface area contributed by atoms with Gasteiger partial charge < -0.3 is 10.1 Å². The first-order valence-electron chi connectivity index (χ1n) is 4.93. The van der Waals surface area contributed by atoms with Crippen molar-refractivity contribution >= 4 is 16.7 Å². The van der Waals surface area contributed by atoms with Crippen molar-refractivity contribution < 1.29 is 4.74 Å². The Labute approximate surface area is 88.9 Å². The van der Waals surface area contributed by atoms with Gasteiger partial charge in [-0.2, -0.15) is 4.37 Å². The van der Waals surface area contributed by atoms with Crippen LogP contribution < -0.4 is 5.32 Å². The first-order chi connectivity index (χ1) is 6.76. The van der Waals surface area contributed by atoms with Crippen LogP contribution in [0, 0.1) is 0 Å². The third-order valence-corrected chi connectivity index (χ3v) is 2.41. The Balaban J connectivity index is 2.35. The summed E-state index contributed by atoms with van der Waals surface area (Å²) in [6, 6.07) is 0.285. The minimum atomic E-state index is 0.285. The molecule has 1 N–H and O–H groups in total. The number of hydrogen-bond donors (Lipinski definition) is 1. The molecule has 1 aromatic heterocycles. The second-order valence-electron chi connectivity index (χ2n) is 3.07. The molecule has 0 spiro atoms. The summed E-state index contributed by atoms with van der Waals surface area (Å²) in [4.78, 5) is 4.32. The normalized spacial score (nSPS) is 12.8. The SMILES string of the molecule is CCOCC(C)Nc1nc(CC)ns1. The largest absolute Gasteiger partial charge is 0.380 e. The van der Waals surface area contributed by atoms with Gasteiger partial charge in [-0.1, -0.05) is 6.92 Å². The molecule has 0 radical (unpaired) electrons. The van der Waals surface area contributed by atoms with Crippen LogP contribution in [0.5, 0.6) is 0 Å². The third kappa shape index (κ3) is 3.59. The van der Waals surface area contributed by atoms with Gasteiger partial charge in [-0.3, -0.25) is 0 Å². The minimum Gasteiger partial charge on any atom is -0.380 e. The van der Waals surface area contributed by atoms with E-state index >= 15 is 0 Å². The molecule has 0 saturated carbocycles. The summed E-state index contributed by atoms with van der Waals surface area (Å²) in [5.41, 5.74) is 0. The molecule has 1 aromatic rings. The highest BCUT2D eigenvalue weighted by Crippen LogP contribution is 2.12. The summed E-state index contributed by atoms with van der Waals surface area (Å²) >= 11 is 1.41. The van der Waals surface area contributed by atoms with Crippen molar-refractivity contribution in [2.45, 2.75) is 33.2 Å². The summed E-state index contributed by atoms with van der Waals surface area (Å²) in [6.07, 6.45) is 0.887. The summed E-state index contributed by atoms with van der Waals surface area (Å²) in [7, 11) is 0. The smallest absolute Gasteiger partial charge is 0.202 e. The molecule has 1 unspecified atom stereocenters. The highest BCUT2D eigenvalue weighted by atomic mass is 32.1. The molecule has 1 atom stereocenters. The van der Waals surface area contributed by atoms with Crippen molar-refractivity contribution in [2.75, 3.05) is 18.5 Å². The Morgan fingerprint density at radius 2 is 2.29 bits per heavy atom. The molecule has 0 aromatic carbocycles. The van der Waals surface area contributed by atoms with E-state index in [1.165, 1.54) is 11.5 Å². The zero-order valence-electron chi connectivity index (χ0n) is 8.91. The third-order valence-electron chi connectivity index (χ3n) is 1.73. The fourth-order valence-electron chi connectivity index (χ4n) is 1.00. The van der Waals surface area contributed by atoms with Gasteiger partial charge in [0.05, 0.1) is 6.61 Å². The van der Waals surface area contributed by atoms with Crippen LogP contribution in [0.2, 0.25) is 0 Å². The Hall–Kier alpha value is -0.680. The Morgan fingerprint density at radius 3 is 2.86 bits per heavy atom. The second kappa shape index (κ2) is 5.93. The number of rotatable bonds is 6. The number of hydrogen-bond acceptors (Lipinski definition) is 5. The van der Waals surface area contributed by atoms with E-state index in [1.807, 2.05) is 6.92 Å². The van der Waals surface area contributed by atoms with Gasteiger partial charge >= 0.3 is 0 Å². The van der Waals surface area contributed by atoms with Crippen LogP contribution in [0.15, 0.2) is 0 Å². The van der Waals surface area contributed by atoms with Crippen molar-refractivity contribution in [1.82, 2.24) is 9.36 Å². The molecule has 0 fully saturated rings. The zero-order chi connectivity index (χ0) is 10.4. The molecule has 4 nitrogen and oxygen atoms in total. The monoisotopic (exact) mass is 215 g/mol. The van der Waals surface area contributed by atoms with E-state index in [0.717, 1.165) is 24.0 Å². The lowest BCUT2D eigenvalue weighted by atomic mass is 10.4. The molecule has 1 heterocycles. The number of nitrogens with one attached hydrogen (secondary N) is 1. The van der Waals surface area contributed by atoms with Crippen LogP contribution >= 0.6 is 11.5 Å². The number of nitrogens with zero attached hydrogens (tertiary/aromatic N) is 2. The van der Waals surface area contributed by atoms with E-state index < -0.39 is 0 Å². The highest BCUT2D eigenvalue weighted by molar-refractivity contribution is 7.09. The predicted molar refractivity (Wildman–Crippen MR) is 58.9 cm³/mol. The predicted octanol–water partition coefficient (Wildman–Crippen LogP) is 1.94. The van der Waals surface area contributed by atoms with Crippen LogP contribution in [-0.2, 0) is 11.2 Å². The summed E-state index contributed by atoms with van der Waals surface area (Å²) in [5.74, 6) is 0.904. The molecule has 0 amide bonds. The number of aromatic nitrogens is 2. The molecule has 0 bridgehead atoms. The minimum absolute atomic E-state index is 0.285. The Morgan fingerprint density at radius 1 is 1.50 bits per heavy atom. The first kappa shape index (κ1) is 11.4. The van der Waals surface area contributed by atoms with E-state index in [2.05, 4.69) is 28.5 Å². The van der Waals surface area contributed by atoms with E-state index in [1.54, 1.807) is 0 Å². The quantitative estimate of drug-likeness (QED) is 0.787. The maximum absolute atomic E-state index is 5.29. The molecule has 80 valence electrons. The van der Waals surface area contributed by atoms with Crippen molar-refractivity contribution in [3.8, 4) is 0 Å². The summed E-state index contributed by atoms with van der Waals surface area (Å²) in [6.45, 7) is 7.57. The van der Waals surface area contributed by atoms with Crippen LogP contribution in [0.4, 0.5) is 5.13 Å². The first-order valence-corrected chi connectivity index (χ1v) is 5.70. The molecule has 0 saturated heterocycles. The standard InChI is InChI=1S/C9H17N3OS/c1-4-8-11-9(14-12-8)10-7(3)6-13-5-2/h7H,4-6H2,1-3H3,(H,10,11,12). The van der Waals surface area contributed by atoms with E-state index in [-0.39, 0.29) is 6.04 Å². The topological polar surface area (TPSA) is 47.0 Å². The van der Waals surface area contributed by atoms with E-state index in [4.69, 9.17) is 4.74 Å². The van der Waals surface area contributed by atoms with Crippen molar-refractivity contribution in [3.05, 3.63) is 5.82 Å². The average Bonchev–Trinajstić information content (AvgIpc) is 2.62. The lowest BCUT2D eigenvalue weighted by Crippen LogP contribution is -2.21. The van der Waals surface area contributed by atoms with Gasteiger partial charge in [-0.25, -0.2) is 4.98 Å². The number of ether oxygens (including phenoxy) is 1. The van der Waals surface area contributed by atoms with Crippen LogP contribution in [0.25, 0.3) is 0 Å². The van der Waals surface area contributed by atoms with Crippen LogP contribution in [-0.4, -0.2) is 28.6 Å². The van der Waals surface area contributed by atoms with Gasteiger partial charge in [0, 0.05) is 30.6 Å². The van der Waals surface area contributed by atoms with Gasteiger partial charge in [0.25, 0.3) is 0 Å². The van der Waals surface area contributed by atoms with E-state index in [0.29, 0.717) is 6.61 Å². The van der Waals surface area contributed by atoms with Crippen molar-refractivity contribution in [2.24, 2.45) is 0 Å². The van der Waals surface area contributed by atoms with Gasteiger partial charge in [-0.15, -0.1) is 0 Å². The number of anilines is 1.